The number of hydrogen-bond donors (Lipinski definition) is 0. The average molecular weight is 517 g/mol. The number of hydrazone groups is 1. The molecule has 34 heavy (non-hydrogen) atoms. The van der Waals surface area contributed by atoms with Crippen LogP contribution in [0.25, 0.3) is 6.08 Å². The fourth-order valence-electron chi connectivity index (χ4n) is 4.45. The number of rotatable bonds is 7. The molecule has 1 aliphatic heterocycles. The zero-order valence-electron chi connectivity index (χ0n) is 18.9. The van der Waals surface area contributed by atoms with Crippen LogP contribution in [0.1, 0.15) is 43.4 Å². The first kappa shape index (κ1) is 24.8. The molecule has 2 atom stereocenters. The Labute approximate surface area is 214 Å². The molecule has 1 fully saturated rings. The van der Waals surface area contributed by atoms with Gasteiger partial charge in [0, 0.05) is 16.0 Å². The van der Waals surface area contributed by atoms with Gasteiger partial charge < -0.3 is 4.74 Å². The van der Waals surface area contributed by atoms with Crippen LogP contribution in [-0.2, 0) is 14.3 Å². The summed E-state index contributed by atoms with van der Waals surface area (Å²) in [7, 11) is 0. The highest BCUT2D eigenvalue weighted by atomic mass is 35.5. The number of amides is 1. The number of benzene rings is 2. The molecular formula is C26H26Cl2N2O3S. The van der Waals surface area contributed by atoms with E-state index in [1.807, 2.05) is 48.5 Å². The van der Waals surface area contributed by atoms with Gasteiger partial charge in [0.15, 0.2) is 0 Å². The number of allylic oxidation sites excluding steroid dienone is 1. The summed E-state index contributed by atoms with van der Waals surface area (Å²) < 4.78 is 4.97. The van der Waals surface area contributed by atoms with Gasteiger partial charge in [-0.25, -0.2) is 5.01 Å². The smallest absolute Gasteiger partial charge is 0.315 e. The number of esters is 1. The van der Waals surface area contributed by atoms with Crippen LogP contribution in [0, 0.1) is 5.92 Å². The summed E-state index contributed by atoms with van der Waals surface area (Å²) in [5.74, 6) is -0.0396. The molecule has 0 bridgehead atoms. The maximum Gasteiger partial charge on any atom is 0.315 e. The molecule has 0 aromatic heterocycles. The van der Waals surface area contributed by atoms with Gasteiger partial charge in [-0.2, -0.15) is 5.10 Å². The molecule has 0 N–H and O–H groups in total. The molecule has 8 heteroatoms. The molecular weight excluding hydrogens is 491 g/mol. The zero-order valence-corrected chi connectivity index (χ0v) is 21.2. The van der Waals surface area contributed by atoms with Crippen LogP contribution in [0.3, 0.4) is 0 Å². The molecule has 2 aliphatic rings. The highest BCUT2D eigenvalue weighted by molar-refractivity contribution is 8.00. The largest absolute Gasteiger partial charge is 0.465 e. The number of thioether (sulfide) groups is 1. The predicted octanol–water partition coefficient (Wildman–Crippen LogP) is 6.41. The van der Waals surface area contributed by atoms with Gasteiger partial charge >= 0.3 is 5.97 Å². The normalized spacial score (nSPS) is 20.7. The van der Waals surface area contributed by atoms with Crippen molar-refractivity contribution in [2.45, 2.75) is 32.2 Å². The van der Waals surface area contributed by atoms with Gasteiger partial charge in [0.1, 0.15) is 0 Å². The number of fused-ring (bicyclic) bond motifs is 1. The van der Waals surface area contributed by atoms with Crippen LogP contribution in [-0.4, -0.2) is 40.7 Å². The van der Waals surface area contributed by atoms with Crippen molar-refractivity contribution in [1.82, 2.24) is 5.01 Å². The van der Waals surface area contributed by atoms with Crippen molar-refractivity contribution < 1.29 is 14.3 Å². The first-order valence-corrected chi connectivity index (χ1v) is 13.2. The molecule has 4 rings (SSSR count). The van der Waals surface area contributed by atoms with E-state index in [0.29, 0.717) is 16.7 Å². The van der Waals surface area contributed by atoms with E-state index in [0.717, 1.165) is 41.7 Å². The zero-order chi connectivity index (χ0) is 24.1. The topological polar surface area (TPSA) is 59.0 Å². The van der Waals surface area contributed by atoms with Crippen LogP contribution in [0.2, 0.25) is 10.0 Å². The molecule has 0 spiro atoms. The molecule has 1 amide bonds. The van der Waals surface area contributed by atoms with Crippen LogP contribution >= 0.6 is 35.0 Å². The molecule has 0 saturated heterocycles. The second-order valence-corrected chi connectivity index (χ2v) is 10.1. The molecule has 0 radical (unpaired) electrons. The van der Waals surface area contributed by atoms with Crippen molar-refractivity contribution in [2.24, 2.45) is 11.0 Å². The minimum atomic E-state index is -0.316. The highest BCUT2D eigenvalue weighted by Gasteiger charge is 2.43. The van der Waals surface area contributed by atoms with E-state index in [1.54, 1.807) is 11.9 Å². The molecule has 1 saturated carbocycles. The van der Waals surface area contributed by atoms with E-state index in [2.05, 4.69) is 6.08 Å². The Morgan fingerprint density at radius 1 is 1.09 bits per heavy atom. The Hall–Kier alpha value is -2.28. The lowest BCUT2D eigenvalue weighted by atomic mass is 9.77. The molecule has 178 valence electrons. The SMILES string of the molecule is CCOC(=O)CSCC(=O)N1N=C2/C(=C/c3ccc(Cl)cc3)CCCC2C1c1ccc(Cl)cc1. The molecule has 2 aromatic rings. The van der Waals surface area contributed by atoms with Crippen molar-refractivity contribution in [3.63, 3.8) is 0 Å². The van der Waals surface area contributed by atoms with E-state index >= 15 is 0 Å². The minimum Gasteiger partial charge on any atom is -0.465 e. The number of halogens is 2. The van der Waals surface area contributed by atoms with E-state index < -0.39 is 0 Å². The number of carbonyl (C=O) groups excluding carboxylic acids is 2. The Bertz CT molecular complexity index is 1100. The molecule has 1 aliphatic carbocycles. The number of carbonyl (C=O) groups is 2. The third-order valence-electron chi connectivity index (χ3n) is 5.93. The minimum absolute atomic E-state index is 0.104. The fourth-order valence-corrected chi connectivity index (χ4v) is 5.36. The standard InChI is InChI=1S/C26H26Cl2N2O3S/c1-2-33-24(32)16-34-15-23(31)30-26(18-8-12-21(28)13-9-18)22-5-3-4-19(25(22)29-30)14-17-6-10-20(27)11-7-17/h6-14,22,26H,2-5,15-16H2,1H3/b19-14+. The monoisotopic (exact) mass is 516 g/mol. The lowest BCUT2D eigenvalue weighted by Crippen LogP contribution is -2.33. The fraction of sp³-hybridized carbons (Fsp3) is 0.346. The van der Waals surface area contributed by atoms with Gasteiger partial charge in [-0.1, -0.05) is 47.5 Å². The van der Waals surface area contributed by atoms with Crippen molar-refractivity contribution >= 4 is 58.6 Å². The Morgan fingerprint density at radius 3 is 2.44 bits per heavy atom. The summed E-state index contributed by atoms with van der Waals surface area (Å²) in [6.45, 7) is 2.10. The van der Waals surface area contributed by atoms with E-state index in [-0.39, 0.29) is 35.3 Å². The maximum atomic E-state index is 13.3. The van der Waals surface area contributed by atoms with Crippen LogP contribution < -0.4 is 0 Å². The Morgan fingerprint density at radius 2 is 1.76 bits per heavy atom. The lowest BCUT2D eigenvalue weighted by Gasteiger charge is -2.29. The Balaban J connectivity index is 1.61. The van der Waals surface area contributed by atoms with Gasteiger partial charge in [-0.15, -0.1) is 11.8 Å². The quantitative estimate of drug-likeness (QED) is 0.398. The summed E-state index contributed by atoms with van der Waals surface area (Å²) in [4.78, 5) is 24.9. The van der Waals surface area contributed by atoms with Gasteiger partial charge in [0.2, 0.25) is 0 Å². The van der Waals surface area contributed by atoms with Gasteiger partial charge in [0.25, 0.3) is 5.91 Å². The third-order valence-corrected chi connectivity index (χ3v) is 7.33. The molecule has 2 aromatic carbocycles. The van der Waals surface area contributed by atoms with E-state index in [1.165, 1.54) is 11.8 Å². The van der Waals surface area contributed by atoms with E-state index in [4.69, 9.17) is 33.0 Å². The summed E-state index contributed by atoms with van der Waals surface area (Å²) in [5.41, 5.74) is 4.17. The average Bonchev–Trinajstić information content (AvgIpc) is 3.22. The lowest BCUT2D eigenvalue weighted by molar-refractivity contribution is -0.139. The second-order valence-electron chi connectivity index (χ2n) is 8.24. The Kier molecular flexibility index (Phi) is 8.35. The summed E-state index contributed by atoms with van der Waals surface area (Å²) in [6.07, 6.45) is 5.02. The first-order valence-electron chi connectivity index (χ1n) is 11.3. The summed E-state index contributed by atoms with van der Waals surface area (Å²) >= 11 is 13.4. The predicted molar refractivity (Wildman–Crippen MR) is 139 cm³/mol. The summed E-state index contributed by atoms with van der Waals surface area (Å²) in [6, 6.07) is 15.1. The van der Waals surface area contributed by atoms with Crippen molar-refractivity contribution in [3.8, 4) is 0 Å². The molecule has 1 heterocycles. The molecule has 5 nitrogen and oxygen atoms in total. The van der Waals surface area contributed by atoms with Crippen LogP contribution in [0.5, 0.6) is 0 Å². The highest BCUT2D eigenvalue weighted by Crippen LogP contribution is 2.44. The third kappa shape index (κ3) is 5.85. The van der Waals surface area contributed by atoms with Crippen LogP contribution in [0.4, 0.5) is 0 Å². The van der Waals surface area contributed by atoms with Crippen molar-refractivity contribution in [3.05, 3.63) is 75.3 Å². The second kappa shape index (κ2) is 11.4. The van der Waals surface area contributed by atoms with Gasteiger partial charge in [0.05, 0.1) is 29.9 Å². The van der Waals surface area contributed by atoms with Gasteiger partial charge in [-0.3, -0.25) is 9.59 Å². The molecule has 2 unspecified atom stereocenters. The van der Waals surface area contributed by atoms with Crippen molar-refractivity contribution in [1.29, 1.82) is 0 Å². The van der Waals surface area contributed by atoms with E-state index in [9.17, 15) is 9.59 Å². The van der Waals surface area contributed by atoms with Gasteiger partial charge in [-0.05, 0) is 73.2 Å². The maximum absolute atomic E-state index is 13.3. The summed E-state index contributed by atoms with van der Waals surface area (Å²) in [5, 5.41) is 7.82. The number of nitrogens with zero attached hydrogens (tertiary/aromatic N) is 2. The van der Waals surface area contributed by atoms with Crippen LogP contribution in [0.15, 0.2) is 59.2 Å². The number of hydrogen-bond acceptors (Lipinski definition) is 5. The first-order chi connectivity index (χ1) is 16.5. The number of ether oxygens (including phenoxy) is 1. The van der Waals surface area contributed by atoms with Crippen molar-refractivity contribution in [2.75, 3.05) is 18.1 Å².